The second-order valence-electron chi connectivity index (χ2n) is 4.14. The predicted molar refractivity (Wildman–Crippen MR) is 65.8 cm³/mol. The van der Waals surface area contributed by atoms with E-state index in [4.69, 9.17) is 0 Å². The quantitative estimate of drug-likeness (QED) is 0.856. The molecule has 0 radical (unpaired) electrons. The molecule has 90 valence electrons. The summed E-state index contributed by atoms with van der Waals surface area (Å²) in [7, 11) is 5.69. The van der Waals surface area contributed by atoms with Crippen LogP contribution < -0.4 is 4.90 Å². The van der Waals surface area contributed by atoms with Crippen molar-refractivity contribution in [1.29, 1.82) is 0 Å². The number of aryl methyl sites for hydroxylation is 1. The standard InChI is InChI=1S/C12H16N4O/c1-15(2)10-8-9(4-5-13-10)11(17)12-14-6-7-16(12)3/h4-8,11,17H,1-3H3. The van der Waals surface area contributed by atoms with Crippen molar-refractivity contribution >= 4 is 5.82 Å². The van der Waals surface area contributed by atoms with Crippen LogP contribution in [-0.2, 0) is 7.05 Å². The van der Waals surface area contributed by atoms with Crippen LogP contribution >= 0.6 is 0 Å². The molecule has 0 spiro atoms. The van der Waals surface area contributed by atoms with E-state index in [0.717, 1.165) is 11.4 Å². The van der Waals surface area contributed by atoms with Crippen LogP contribution in [0.5, 0.6) is 0 Å². The summed E-state index contributed by atoms with van der Waals surface area (Å²) in [6, 6.07) is 3.66. The van der Waals surface area contributed by atoms with E-state index >= 15 is 0 Å². The first-order chi connectivity index (χ1) is 8.09. The molecular weight excluding hydrogens is 216 g/mol. The zero-order valence-electron chi connectivity index (χ0n) is 10.2. The lowest BCUT2D eigenvalue weighted by atomic mass is 10.1. The van der Waals surface area contributed by atoms with Gasteiger partial charge in [0.05, 0.1) is 0 Å². The van der Waals surface area contributed by atoms with Gasteiger partial charge in [0.2, 0.25) is 0 Å². The van der Waals surface area contributed by atoms with Gasteiger partial charge in [-0.1, -0.05) is 0 Å². The van der Waals surface area contributed by atoms with E-state index in [9.17, 15) is 5.11 Å². The molecule has 0 fully saturated rings. The fraction of sp³-hybridized carbons (Fsp3) is 0.333. The van der Waals surface area contributed by atoms with E-state index in [1.54, 1.807) is 23.0 Å². The lowest BCUT2D eigenvalue weighted by Gasteiger charge is -2.15. The molecule has 1 unspecified atom stereocenters. The van der Waals surface area contributed by atoms with Gasteiger partial charge in [-0.25, -0.2) is 9.97 Å². The number of hydrogen-bond donors (Lipinski definition) is 1. The highest BCUT2D eigenvalue weighted by Crippen LogP contribution is 2.22. The van der Waals surface area contributed by atoms with Gasteiger partial charge in [0.25, 0.3) is 0 Å². The van der Waals surface area contributed by atoms with E-state index in [-0.39, 0.29) is 0 Å². The number of anilines is 1. The molecule has 0 saturated heterocycles. The molecule has 0 aliphatic carbocycles. The Bertz CT molecular complexity index is 507. The van der Waals surface area contributed by atoms with Crippen molar-refractivity contribution < 1.29 is 5.11 Å². The number of nitrogens with zero attached hydrogens (tertiary/aromatic N) is 4. The fourth-order valence-electron chi connectivity index (χ4n) is 1.64. The first-order valence-corrected chi connectivity index (χ1v) is 5.38. The van der Waals surface area contributed by atoms with Gasteiger partial charge in [0, 0.05) is 39.7 Å². The van der Waals surface area contributed by atoms with Crippen LogP contribution in [0.3, 0.4) is 0 Å². The third-order valence-corrected chi connectivity index (χ3v) is 2.65. The van der Waals surface area contributed by atoms with Crippen molar-refractivity contribution in [3.63, 3.8) is 0 Å². The van der Waals surface area contributed by atoms with E-state index in [0.29, 0.717) is 5.82 Å². The van der Waals surface area contributed by atoms with Crippen LogP contribution in [0.2, 0.25) is 0 Å². The Morgan fingerprint density at radius 3 is 2.65 bits per heavy atom. The average molecular weight is 232 g/mol. The van der Waals surface area contributed by atoms with Gasteiger partial charge in [0.1, 0.15) is 17.7 Å². The molecule has 5 heteroatoms. The zero-order valence-corrected chi connectivity index (χ0v) is 10.2. The topological polar surface area (TPSA) is 54.2 Å². The Kier molecular flexibility index (Phi) is 3.10. The minimum absolute atomic E-state index is 0.626. The van der Waals surface area contributed by atoms with Crippen LogP contribution in [-0.4, -0.2) is 33.7 Å². The molecule has 1 N–H and O–H groups in total. The first-order valence-electron chi connectivity index (χ1n) is 5.38. The molecule has 0 aliphatic heterocycles. The molecule has 5 nitrogen and oxygen atoms in total. The zero-order chi connectivity index (χ0) is 12.4. The Labute approximate surface area is 100 Å². The number of aromatic nitrogens is 3. The molecule has 1 atom stereocenters. The number of imidazole rings is 1. The number of aliphatic hydroxyl groups is 1. The number of hydrogen-bond acceptors (Lipinski definition) is 4. The van der Waals surface area contributed by atoms with Gasteiger partial charge in [0.15, 0.2) is 0 Å². The Hall–Kier alpha value is -1.88. The van der Waals surface area contributed by atoms with Crippen LogP contribution in [0.1, 0.15) is 17.5 Å². The summed E-state index contributed by atoms with van der Waals surface area (Å²) in [4.78, 5) is 10.3. The minimum atomic E-state index is -0.725. The monoisotopic (exact) mass is 232 g/mol. The molecule has 0 bridgehead atoms. The van der Waals surface area contributed by atoms with E-state index in [2.05, 4.69) is 9.97 Å². The molecule has 2 aromatic rings. The third-order valence-electron chi connectivity index (χ3n) is 2.65. The van der Waals surface area contributed by atoms with Crippen molar-refractivity contribution in [2.24, 2.45) is 7.05 Å². The Balaban J connectivity index is 2.34. The highest BCUT2D eigenvalue weighted by Gasteiger charge is 2.15. The summed E-state index contributed by atoms with van der Waals surface area (Å²) in [5.41, 5.74) is 0.790. The average Bonchev–Trinajstić information content (AvgIpc) is 2.74. The summed E-state index contributed by atoms with van der Waals surface area (Å²) in [6.07, 6.45) is 4.45. The number of pyridine rings is 1. The first kappa shape index (κ1) is 11.6. The second-order valence-corrected chi connectivity index (χ2v) is 4.14. The maximum Gasteiger partial charge on any atom is 0.142 e. The second kappa shape index (κ2) is 4.55. The van der Waals surface area contributed by atoms with Gasteiger partial charge in [-0.05, 0) is 17.7 Å². The highest BCUT2D eigenvalue weighted by atomic mass is 16.3. The normalized spacial score (nSPS) is 12.5. The lowest BCUT2D eigenvalue weighted by molar-refractivity contribution is 0.206. The van der Waals surface area contributed by atoms with Crippen molar-refractivity contribution in [2.75, 3.05) is 19.0 Å². The smallest absolute Gasteiger partial charge is 0.142 e. The highest BCUT2D eigenvalue weighted by molar-refractivity contribution is 5.40. The van der Waals surface area contributed by atoms with Crippen molar-refractivity contribution in [3.8, 4) is 0 Å². The number of rotatable bonds is 3. The molecule has 0 aliphatic rings. The maximum absolute atomic E-state index is 10.2. The van der Waals surface area contributed by atoms with Crippen LogP contribution in [0, 0.1) is 0 Å². The predicted octanol–water partition coefficient (Wildman–Crippen LogP) is 0.963. The Morgan fingerprint density at radius 2 is 2.06 bits per heavy atom. The summed E-state index contributed by atoms with van der Waals surface area (Å²) in [5, 5.41) is 10.2. The minimum Gasteiger partial charge on any atom is -0.380 e. The molecule has 2 heterocycles. The largest absolute Gasteiger partial charge is 0.380 e. The van der Waals surface area contributed by atoms with Gasteiger partial charge < -0.3 is 14.6 Å². The number of aliphatic hydroxyl groups excluding tert-OH is 1. The molecule has 0 aromatic carbocycles. The Morgan fingerprint density at radius 1 is 1.29 bits per heavy atom. The van der Waals surface area contributed by atoms with E-state index < -0.39 is 6.10 Å². The van der Waals surface area contributed by atoms with Crippen molar-refractivity contribution in [2.45, 2.75) is 6.10 Å². The van der Waals surface area contributed by atoms with Crippen molar-refractivity contribution in [3.05, 3.63) is 42.1 Å². The third kappa shape index (κ3) is 2.29. The van der Waals surface area contributed by atoms with Gasteiger partial charge >= 0.3 is 0 Å². The lowest BCUT2D eigenvalue weighted by Crippen LogP contribution is -2.12. The fourth-order valence-corrected chi connectivity index (χ4v) is 1.64. The van der Waals surface area contributed by atoms with Gasteiger partial charge in [-0.3, -0.25) is 0 Å². The maximum atomic E-state index is 10.2. The molecule has 0 amide bonds. The van der Waals surface area contributed by atoms with Crippen LogP contribution in [0.4, 0.5) is 5.82 Å². The molecular formula is C12H16N4O. The van der Waals surface area contributed by atoms with Gasteiger partial charge in [-0.15, -0.1) is 0 Å². The molecule has 2 aromatic heterocycles. The van der Waals surface area contributed by atoms with Gasteiger partial charge in [-0.2, -0.15) is 0 Å². The van der Waals surface area contributed by atoms with Crippen LogP contribution in [0.25, 0.3) is 0 Å². The van der Waals surface area contributed by atoms with E-state index in [1.807, 2.05) is 38.3 Å². The van der Waals surface area contributed by atoms with Crippen LogP contribution in [0.15, 0.2) is 30.7 Å². The summed E-state index contributed by atoms with van der Waals surface area (Å²) >= 11 is 0. The summed E-state index contributed by atoms with van der Waals surface area (Å²) in [5.74, 6) is 1.44. The SMILES string of the molecule is CN(C)c1cc(C(O)c2nccn2C)ccn1. The summed E-state index contributed by atoms with van der Waals surface area (Å²) in [6.45, 7) is 0. The van der Waals surface area contributed by atoms with Crippen molar-refractivity contribution in [1.82, 2.24) is 14.5 Å². The molecule has 2 rings (SSSR count). The molecule has 0 saturated carbocycles. The molecule has 17 heavy (non-hydrogen) atoms. The summed E-state index contributed by atoms with van der Waals surface area (Å²) < 4.78 is 1.81. The van der Waals surface area contributed by atoms with E-state index in [1.165, 1.54) is 0 Å².